The summed E-state index contributed by atoms with van der Waals surface area (Å²) < 4.78 is 0. The zero-order chi connectivity index (χ0) is 13.7. The summed E-state index contributed by atoms with van der Waals surface area (Å²) in [7, 11) is 3.06. The molecule has 0 unspecified atom stereocenters. The molecule has 1 aromatic rings. The summed E-state index contributed by atoms with van der Waals surface area (Å²) in [6, 6.07) is 5.96. The van der Waals surface area contributed by atoms with Crippen LogP contribution in [0.3, 0.4) is 0 Å². The topological polar surface area (TPSA) is 99.3 Å². The maximum Gasteiger partial charge on any atom is 0.293 e. The van der Waals surface area contributed by atoms with Gasteiger partial charge in [0.05, 0.1) is 23.1 Å². The first-order chi connectivity index (χ1) is 8.49. The molecule has 0 bridgehead atoms. The zero-order valence-electron chi connectivity index (χ0n) is 10.0. The SMILES string of the molecule is CNC(=O)CN(C)c1ccc(C#N)cc1[N+](=O)[O-]. The molecule has 1 aromatic carbocycles. The number of nitro groups is 1. The van der Waals surface area contributed by atoms with Gasteiger partial charge in [0.1, 0.15) is 5.69 Å². The van der Waals surface area contributed by atoms with Gasteiger partial charge in [-0.3, -0.25) is 14.9 Å². The monoisotopic (exact) mass is 248 g/mol. The van der Waals surface area contributed by atoms with Gasteiger partial charge in [-0.25, -0.2) is 0 Å². The van der Waals surface area contributed by atoms with Crippen LogP contribution in [0, 0.1) is 21.4 Å². The Labute approximate surface area is 104 Å². The maximum absolute atomic E-state index is 11.2. The van der Waals surface area contributed by atoms with E-state index in [4.69, 9.17) is 5.26 Å². The number of carbonyl (C=O) groups excluding carboxylic acids is 1. The molecule has 94 valence electrons. The van der Waals surface area contributed by atoms with Crippen molar-refractivity contribution >= 4 is 17.3 Å². The van der Waals surface area contributed by atoms with Gasteiger partial charge < -0.3 is 10.2 Å². The summed E-state index contributed by atoms with van der Waals surface area (Å²) in [5, 5.41) is 22.1. The Kier molecular flexibility index (Phi) is 4.21. The second kappa shape index (κ2) is 5.63. The molecule has 0 saturated heterocycles. The number of nitriles is 1. The van der Waals surface area contributed by atoms with Gasteiger partial charge in [-0.05, 0) is 12.1 Å². The second-order valence-corrected chi connectivity index (χ2v) is 3.60. The molecule has 0 fully saturated rings. The van der Waals surface area contributed by atoms with Crippen molar-refractivity contribution in [1.82, 2.24) is 5.32 Å². The fourth-order valence-electron chi connectivity index (χ4n) is 1.44. The number of carbonyl (C=O) groups is 1. The third-order valence-electron chi connectivity index (χ3n) is 2.37. The number of likely N-dealkylation sites (N-methyl/N-ethyl adjacent to an activating group) is 2. The second-order valence-electron chi connectivity index (χ2n) is 3.60. The molecule has 18 heavy (non-hydrogen) atoms. The van der Waals surface area contributed by atoms with Crippen molar-refractivity contribution in [2.45, 2.75) is 0 Å². The number of hydrogen-bond donors (Lipinski definition) is 1. The van der Waals surface area contributed by atoms with Gasteiger partial charge in [-0.2, -0.15) is 5.26 Å². The standard InChI is InChI=1S/C11H12N4O3/c1-13-11(16)7-14(2)9-4-3-8(6-12)5-10(9)15(17)18/h3-5H,7H2,1-2H3,(H,13,16). The van der Waals surface area contributed by atoms with E-state index in [1.54, 1.807) is 7.05 Å². The van der Waals surface area contributed by atoms with Crippen LogP contribution >= 0.6 is 0 Å². The van der Waals surface area contributed by atoms with E-state index in [2.05, 4.69) is 5.32 Å². The van der Waals surface area contributed by atoms with Crippen LogP contribution in [-0.2, 0) is 4.79 Å². The van der Waals surface area contributed by atoms with Crippen LogP contribution < -0.4 is 10.2 Å². The third-order valence-corrected chi connectivity index (χ3v) is 2.37. The number of nitrogens with zero attached hydrogens (tertiary/aromatic N) is 3. The van der Waals surface area contributed by atoms with Gasteiger partial charge in [-0.15, -0.1) is 0 Å². The Morgan fingerprint density at radius 2 is 2.28 bits per heavy atom. The van der Waals surface area contributed by atoms with Gasteiger partial charge in [-0.1, -0.05) is 0 Å². The minimum atomic E-state index is -0.573. The maximum atomic E-state index is 11.2. The van der Waals surface area contributed by atoms with E-state index in [-0.39, 0.29) is 23.7 Å². The van der Waals surface area contributed by atoms with Crippen molar-refractivity contribution in [2.75, 3.05) is 25.5 Å². The van der Waals surface area contributed by atoms with E-state index in [9.17, 15) is 14.9 Å². The van der Waals surface area contributed by atoms with Gasteiger partial charge in [0.25, 0.3) is 5.69 Å². The van der Waals surface area contributed by atoms with E-state index in [0.29, 0.717) is 5.69 Å². The number of amides is 1. The quantitative estimate of drug-likeness (QED) is 0.623. The number of anilines is 1. The van der Waals surface area contributed by atoms with E-state index < -0.39 is 4.92 Å². The molecule has 0 atom stereocenters. The summed E-state index contributed by atoms with van der Waals surface area (Å²) in [6.45, 7) is 0.00321. The van der Waals surface area contributed by atoms with E-state index in [0.717, 1.165) is 0 Å². The molecular formula is C11H12N4O3. The predicted octanol–water partition coefficient (Wildman–Crippen LogP) is 0.649. The molecule has 0 aliphatic heterocycles. The lowest BCUT2D eigenvalue weighted by atomic mass is 10.1. The highest BCUT2D eigenvalue weighted by molar-refractivity contribution is 5.82. The first-order valence-electron chi connectivity index (χ1n) is 5.10. The largest absolute Gasteiger partial charge is 0.360 e. The fourth-order valence-corrected chi connectivity index (χ4v) is 1.44. The van der Waals surface area contributed by atoms with Crippen molar-refractivity contribution in [3.8, 4) is 6.07 Å². The summed E-state index contributed by atoms with van der Waals surface area (Å²) >= 11 is 0. The zero-order valence-corrected chi connectivity index (χ0v) is 10.0. The van der Waals surface area contributed by atoms with Crippen LogP contribution in [0.5, 0.6) is 0 Å². The molecule has 0 spiro atoms. The Morgan fingerprint density at radius 3 is 2.78 bits per heavy atom. The molecule has 0 saturated carbocycles. The van der Waals surface area contributed by atoms with E-state index >= 15 is 0 Å². The van der Waals surface area contributed by atoms with E-state index in [1.165, 1.54) is 30.1 Å². The summed E-state index contributed by atoms with van der Waals surface area (Å²) in [4.78, 5) is 23.0. The van der Waals surface area contributed by atoms with Crippen LogP contribution in [0.15, 0.2) is 18.2 Å². The van der Waals surface area contributed by atoms with Gasteiger partial charge >= 0.3 is 0 Å². The number of hydrogen-bond acceptors (Lipinski definition) is 5. The van der Waals surface area contributed by atoms with Crippen LogP contribution in [0.2, 0.25) is 0 Å². The number of benzene rings is 1. The molecular weight excluding hydrogens is 236 g/mol. The van der Waals surface area contributed by atoms with Crippen molar-refractivity contribution < 1.29 is 9.72 Å². The third kappa shape index (κ3) is 2.95. The van der Waals surface area contributed by atoms with Gasteiger partial charge in [0.15, 0.2) is 0 Å². The molecule has 0 aromatic heterocycles. The average Bonchev–Trinajstić information content (AvgIpc) is 2.37. The van der Waals surface area contributed by atoms with Crippen molar-refractivity contribution in [1.29, 1.82) is 5.26 Å². The van der Waals surface area contributed by atoms with Gasteiger partial charge in [0, 0.05) is 20.2 Å². The van der Waals surface area contributed by atoms with Crippen LogP contribution in [0.4, 0.5) is 11.4 Å². The molecule has 7 heteroatoms. The molecule has 0 radical (unpaired) electrons. The number of nitro benzene ring substituents is 1. The lowest BCUT2D eigenvalue weighted by Crippen LogP contribution is -2.33. The van der Waals surface area contributed by atoms with Crippen molar-refractivity contribution in [3.05, 3.63) is 33.9 Å². The smallest absolute Gasteiger partial charge is 0.293 e. The van der Waals surface area contributed by atoms with E-state index in [1.807, 2.05) is 6.07 Å². The molecule has 1 rings (SSSR count). The summed E-state index contributed by atoms with van der Waals surface area (Å²) in [5.41, 5.74) is 0.307. The van der Waals surface area contributed by atoms with Crippen LogP contribution in [-0.4, -0.2) is 31.5 Å². The Morgan fingerprint density at radius 1 is 1.61 bits per heavy atom. The lowest BCUT2D eigenvalue weighted by molar-refractivity contribution is -0.384. The average molecular weight is 248 g/mol. The summed E-state index contributed by atoms with van der Waals surface area (Å²) in [6.07, 6.45) is 0. The molecule has 0 heterocycles. The predicted molar refractivity (Wildman–Crippen MR) is 65.1 cm³/mol. The van der Waals surface area contributed by atoms with Gasteiger partial charge in [0.2, 0.25) is 5.91 Å². The first kappa shape index (κ1) is 13.4. The van der Waals surface area contributed by atoms with Crippen molar-refractivity contribution in [3.63, 3.8) is 0 Å². The molecule has 0 aliphatic rings. The normalized spacial score (nSPS) is 9.39. The van der Waals surface area contributed by atoms with Crippen molar-refractivity contribution in [2.24, 2.45) is 0 Å². The minimum absolute atomic E-state index is 0.00321. The Hall–Kier alpha value is -2.62. The highest BCUT2D eigenvalue weighted by Gasteiger charge is 2.19. The fraction of sp³-hybridized carbons (Fsp3) is 0.273. The Balaban J connectivity index is 3.12. The molecule has 1 amide bonds. The summed E-state index contributed by atoms with van der Waals surface area (Å²) in [5.74, 6) is -0.254. The number of rotatable bonds is 4. The van der Waals surface area contributed by atoms with Crippen LogP contribution in [0.25, 0.3) is 0 Å². The number of nitrogens with one attached hydrogen (secondary N) is 1. The van der Waals surface area contributed by atoms with Crippen LogP contribution in [0.1, 0.15) is 5.56 Å². The highest BCUT2D eigenvalue weighted by Crippen LogP contribution is 2.28. The Bertz CT molecular complexity index is 522. The lowest BCUT2D eigenvalue weighted by Gasteiger charge is -2.17. The molecule has 1 N–H and O–H groups in total. The minimum Gasteiger partial charge on any atom is -0.360 e. The first-order valence-corrected chi connectivity index (χ1v) is 5.10. The highest BCUT2D eigenvalue weighted by atomic mass is 16.6. The molecule has 7 nitrogen and oxygen atoms in total. The molecule has 0 aliphatic carbocycles.